The van der Waals surface area contributed by atoms with Crippen molar-refractivity contribution >= 4 is 18.0 Å². The molecule has 0 radical (unpaired) electrons. The number of carboxylic acids is 1. The van der Waals surface area contributed by atoms with E-state index in [2.05, 4.69) is 19.2 Å². The fourth-order valence-electron chi connectivity index (χ4n) is 3.77. The number of aromatic nitrogens is 1. The lowest BCUT2D eigenvalue weighted by atomic mass is 9.89. The second kappa shape index (κ2) is 12.5. The van der Waals surface area contributed by atoms with Gasteiger partial charge in [0, 0.05) is 29.8 Å². The summed E-state index contributed by atoms with van der Waals surface area (Å²) in [6.07, 6.45) is 0.213. The lowest BCUT2D eigenvalue weighted by Crippen LogP contribution is -2.33. The Kier molecular flexibility index (Phi) is 10.0. The van der Waals surface area contributed by atoms with Crippen LogP contribution in [0.3, 0.4) is 0 Å². The summed E-state index contributed by atoms with van der Waals surface area (Å²) >= 11 is 0. The molecule has 1 heterocycles. The first kappa shape index (κ1) is 28.8. The SMILES string of the molecule is Cc1ccc(-c2c(CNC(=O)OC(C)(C)C)c(CC(C)C)nc(C)c2C(=O)OCCCC(=O)O)cc1. The topological polar surface area (TPSA) is 115 Å². The van der Waals surface area contributed by atoms with Crippen LogP contribution in [0, 0.1) is 19.8 Å². The van der Waals surface area contributed by atoms with Crippen LogP contribution in [-0.4, -0.2) is 40.3 Å². The van der Waals surface area contributed by atoms with Crippen LogP contribution in [0.2, 0.25) is 0 Å². The van der Waals surface area contributed by atoms with Crippen molar-refractivity contribution in [3.63, 3.8) is 0 Å². The molecular weight excluding hydrogens is 460 g/mol. The smallest absolute Gasteiger partial charge is 0.407 e. The predicted octanol–water partition coefficient (Wildman–Crippen LogP) is 5.61. The lowest BCUT2D eigenvalue weighted by molar-refractivity contribution is -0.137. The molecule has 0 fully saturated rings. The zero-order valence-electron chi connectivity index (χ0n) is 22.4. The largest absolute Gasteiger partial charge is 0.481 e. The number of rotatable bonds is 10. The number of carboxylic acid groups (broad SMARTS) is 1. The number of alkyl carbamates (subject to hydrolysis) is 1. The Morgan fingerprint density at radius 1 is 1.08 bits per heavy atom. The number of hydrogen-bond donors (Lipinski definition) is 2. The van der Waals surface area contributed by atoms with E-state index in [1.54, 1.807) is 27.7 Å². The van der Waals surface area contributed by atoms with Gasteiger partial charge in [0.2, 0.25) is 0 Å². The van der Waals surface area contributed by atoms with Crippen LogP contribution in [0.1, 0.15) is 80.3 Å². The Bertz CT molecular complexity index is 1080. The molecule has 2 N–H and O–H groups in total. The quantitative estimate of drug-likeness (QED) is 0.323. The average molecular weight is 499 g/mol. The second-order valence-corrected chi connectivity index (χ2v) is 10.3. The van der Waals surface area contributed by atoms with Crippen molar-refractivity contribution in [1.29, 1.82) is 0 Å². The molecule has 0 bridgehead atoms. The van der Waals surface area contributed by atoms with Crippen molar-refractivity contribution in [2.45, 2.75) is 79.9 Å². The highest BCUT2D eigenvalue weighted by Gasteiger charge is 2.26. The highest BCUT2D eigenvalue weighted by atomic mass is 16.6. The van der Waals surface area contributed by atoms with E-state index in [0.717, 1.165) is 22.4 Å². The molecule has 8 nitrogen and oxygen atoms in total. The fraction of sp³-hybridized carbons (Fsp3) is 0.500. The molecule has 1 aromatic carbocycles. The number of benzene rings is 1. The van der Waals surface area contributed by atoms with E-state index in [1.807, 2.05) is 31.2 Å². The molecule has 2 aromatic rings. The van der Waals surface area contributed by atoms with Gasteiger partial charge in [0.25, 0.3) is 0 Å². The normalized spacial score (nSPS) is 11.3. The third kappa shape index (κ3) is 8.66. The summed E-state index contributed by atoms with van der Waals surface area (Å²) in [7, 11) is 0. The molecular formula is C28H38N2O6. The Morgan fingerprint density at radius 2 is 1.72 bits per heavy atom. The van der Waals surface area contributed by atoms with Gasteiger partial charge in [-0.05, 0) is 58.9 Å². The average Bonchev–Trinajstić information content (AvgIpc) is 2.74. The molecule has 196 valence electrons. The van der Waals surface area contributed by atoms with Gasteiger partial charge in [-0.1, -0.05) is 43.7 Å². The maximum atomic E-state index is 13.3. The molecule has 0 atom stereocenters. The summed E-state index contributed by atoms with van der Waals surface area (Å²) in [6, 6.07) is 7.78. The van der Waals surface area contributed by atoms with Gasteiger partial charge >= 0.3 is 18.0 Å². The van der Waals surface area contributed by atoms with Crippen molar-refractivity contribution in [1.82, 2.24) is 10.3 Å². The zero-order chi connectivity index (χ0) is 27.0. The van der Waals surface area contributed by atoms with Gasteiger partial charge in [0.1, 0.15) is 5.60 Å². The maximum absolute atomic E-state index is 13.3. The number of amides is 1. The highest BCUT2D eigenvalue weighted by molar-refractivity contribution is 5.99. The van der Waals surface area contributed by atoms with E-state index in [0.29, 0.717) is 23.2 Å². The van der Waals surface area contributed by atoms with Gasteiger partial charge in [0.15, 0.2) is 0 Å². The van der Waals surface area contributed by atoms with Crippen LogP contribution in [0.15, 0.2) is 24.3 Å². The van der Waals surface area contributed by atoms with E-state index in [4.69, 9.17) is 19.6 Å². The zero-order valence-corrected chi connectivity index (χ0v) is 22.4. The predicted molar refractivity (Wildman–Crippen MR) is 138 cm³/mol. The first-order valence-electron chi connectivity index (χ1n) is 12.2. The third-order valence-corrected chi connectivity index (χ3v) is 5.29. The molecule has 0 unspecified atom stereocenters. The van der Waals surface area contributed by atoms with Gasteiger partial charge in [-0.15, -0.1) is 0 Å². The second-order valence-electron chi connectivity index (χ2n) is 10.3. The molecule has 0 aliphatic heterocycles. The third-order valence-electron chi connectivity index (χ3n) is 5.29. The Hall–Kier alpha value is -3.42. The number of aliphatic carboxylic acids is 1. The molecule has 1 aromatic heterocycles. The maximum Gasteiger partial charge on any atom is 0.407 e. The summed E-state index contributed by atoms with van der Waals surface area (Å²) in [5, 5.41) is 11.7. The highest BCUT2D eigenvalue weighted by Crippen LogP contribution is 2.33. The lowest BCUT2D eigenvalue weighted by Gasteiger charge is -2.23. The molecule has 2 rings (SSSR count). The summed E-state index contributed by atoms with van der Waals surface area (Å²) in [6.45, 7) is 13.4. The van der Waals surface area contributed by atoms with Crippen LogP contribution < -0.4 is 5.32 Å². The molecule has 0 aliphatic carbocycles. The standard InChI is InChI=1S/C28H38N2O6/c1-17(2)15-22-21(16-29-27(34)36-28(5,6)7)25(20-12-10-18(3)11-13-20)24(19(4)30-22)26(33)35-14-8-9-23(31)32/h10-13,17H,8-9,14-16H2,1-7H3,(H,29,34)(H,31,32). The number of nitrogens with zero attached hydrogens (tertiary/aromatic N) is 1. The van der Waals surface area contributed by atoms with Crippen molar-refractivity contribution < 1.29 is 29.0 Å². The molecule has 0 saturated carbocycles. The van der Waals surface area contributed by atoms with Crippen molar-refractivity contribution in [2.24, 2.45) is 5.92 Å². The van der Waals surface area contributed by atoms with Crippen molar-refractivity contribution in [2.75, 3.05) is 6.61 Å². The van der Waals surface area contributed by atoms with Crippen molar-refractivity contribution in [3.05, 3.63) is 52.3 Å². The minimum Gasteiger partial charge on any atom is -0.481 e. The van der Waals surface area contributed by atoms with Crippen LogP contribution >= 0.6 is 0 Å². The van der Waals surface area contributed by atoms with Gasteiger partial charge in [-0.3, -0.25) is 9.78 Å². The van der Waals surface area contributed by atoms with Gasteiger partial charge < -0.3 is 19.9 Å². The minimum atomic E-state index is -0.946. The molecule has 0 aliphatic rings. The summed E-state index contributed by atoms with van der Waals surface area (Å²) in [4.78, 5) is 41.3. The molecule has 0 spiro atoms. The van der Waals surface area contributed by atoms with Crippen LogP contribution in [0.25, 0.3) is 11.1 Å². The fourth-order valence-corrected chi connectivity index (χ4v) is 3.77. The van der Waals surface area contributed by atoms with Crippen molar-refractivity contribution in [3.8, 4) is 11.1 Å². The number of carbonyl (C=O) groups is 3. The number of pyridine rings is 1. The number of ether oxygens (including phenoxy) is 2. The number of carbonyl (C=O) groups excluding carboxylic acids is 2. The Balaban J connectivity index is 2.60. The van der Waals surface area contributed by atoms with Gasteiger partial charge in [-0.25, -0.2) is 9.59 Å². The summed E-state index contributed by atoms with van der Waals surface area (Å²) < 4.78 is 10.9. The van der Waals surface area contributed by atoms with Crippen LogP contribution in [0.5, 0.6) is 0 Å². The van der Waals surface area contributed by atoms with E-state index >= 15 is 0 Å². The van der Waals surface area contributed by atoms with E-state index in [9.17, 15) is 14.4 Å². The monoisotopic (exact) mass is 498 g/mol. The first-order chi connectivity index (χ1) is 16.8. The number of esters is 1. The first-order valence-corrected chi connectivity index (χ1v) is 12.2. The summed E-state index contributed by atoms with van der Waals surface area (Å²) in [5.74, 6) is -1.23. The minimum absolute atomic E-state index is 0.0167. The Labute approximate surface area is 213 Å². The van der Waals surface area contributed by atoms with E-state index in [1.165, 1.54) is 0 Å². The summed E-state index contributed by atoms with van der Waals surface area (Å²) in [5.41, 5.74) is 4.21. The molecule has 1 amide bonds. The van der Waals surface area contributed by atoms with Gasteiger partial charge in [0.05, 0.1) is 17.9 Å². The van der Waals surface area contributed by atoms with Crippen LogP contribution in [0.4, 0.5) is 4.79 Å². The Morgan fingerprint density at radius 3 is 2.28 bits per heavy atom. The molecule has 36 heavy (non-hydrogen) atoms. The van der Waals surface area contributed by atoms with E-state index in [-0.39, 0.29) is 31.9 Å². The number of aryl methyl sites for hydroxylation is 2. The van der Waals surface area contributed by atoms with E-state index < -0.39 is 23.6 Å². The number of hydrogen-bond acceptors (Lipinski definition) is 6. The number of nitrogens with one attached hydrogen (secondary N) is 1. The van der Waals surface area contributed by atoms with Crippen LogP contribution in [-0.2, 0) is 27.2 Å². The molecule has 0 saturated heterocycles. The molecule has 8 heteroatoms. The van der Waals surface area contributed by atoms with Gasteiger partial charge in [-0.2, -0.15) is 0 Å².